The Morgan fingerprint density at radius 3 is 2.61 bits per heavy atom. The van der Waals surface area contributed by atoms with Crippen LogP contribution in [0.15, 0.2) is 42.5 Å². The van der Waals surface area contributed by atoms with Crippen molar-refractivity contribution < 1.29 is 18.6 Å². The highest BCUT2D eigenvalue weighted by Crippen LogP contribution is 2.29. The molecule has 2 atom stereocenters. The lowest BCUT2D eigenvalue weighted by Crippen LogP contribution is -2.14. The second kappa shape index (κ2) is 7.20. The zero-order valence-electron chi connectivity index (χ0n) is 12.8. The van der Waals surface area contributed by atoms with Crippen LogP contribution in [-0.2, 0) is 11.3 Å². The Morgan fingerprint density at radius 1 is 1.17 bits per heavy atom. The fourth-order valence-electron chi connectivity index (χ4n) is 2.41. The maximum Gasteiger partial charge on any atom is 0.200 e. The van der Waals surface area contributed by atoms with Crippen LogP contribution in [0, 0.1) is 11.7 Å². The van der Waals surface area contributed by atoms with Gasteiger partial charge in [-0.3, -0.25) is 0 Å². The number of rotatable bonds is 5. The number of ether oxygens (including phenoxy) is 3. The van der Waals surface area contributed by atoms with Crippen LogP contribution < -0.4 is 9.47 Å². The van der Waals surface area contributed by atoms with Gasteiger partial charge in [-0.05, 0) is 35.7 Å². The zero-order chi connectivity index (χ0) is 16.2. The summed E-state index contributed by atoms with van der Waals surface area (Å²) in [6.07, 6.45) is 0.617. The highest BCUT2D eigenvalue weighted by Gasteiger charge is 2.23. The Bertz CT molecular complexity index is 660. The molecule has 122 valence electrons. The predicted molar refractivity (Wildman–Crippen MR) is 86.3 cm³/mol. The Kier molecular flexibility index (Phi) is 5.03. The molecule has 1 unspecified atom stereocenters. The normalized spacial score (nSPS) is 20.5. The SMILES string of the molecule is C[C@H]1COC(Oc2cc(Cl)cc(OCc3ccc(F)cc3)c2)C1. The van der Waals surface area contributed by atoms with Crippen LogP contribution in [0.1, 0.15) is 18.9 Å². The zero-order valence-corrected chi connectivity index (χ0v) is 13.6. The highest BCUT2D eigenvalue weighted by molar-refractivity contribution is 6.30. The fraction of sp³-hybridized carbons (Fsp3) is 0.333. The summed E-state index contributed by atoms with van der Waals surface area (Å²) in [7, 11) is 0. The van der Waals surface area contributed by atoms with E-state index in [1.54, 1.807) is 30.3 Å². The molecular formula is C18H18ClFO3. The van der Waals surface area contributed by atoms with Crippen LogP contribution in [0.4, 0.5) is 4.39 Å². The van der Waals surface area contributed by atoms with E-state index >= 15 is 0 Å². The van der Waals surface area contributed by atoms with Crippen LogP contribution in [0.2, 0.25) is 5.02 Å². The van der Waals surface area contributed by atoms with Gasteiger partial charge in [0.05, 0.1) is 6.61 Å². The molecule has 0 saturated carbocycles. The lowest BCUT2D eigenvalue weighted by molar-refractivity contribution is -0.0394. The van der Waals surface area contributed by atoms with Gasteiger partial charge in [0.25, 0.3) is 0 Å². The van der Waals surface area contributed by atoms with Crippen LogP contribution >= 0.6 is 11.6 Å². The molecule has 1 saturated heterocycles. The van der Waals surface area contributed by atoms with E-state index in [9.17, 15) is 4.39 Å². The van der Waals surface area contributed by atoms with Crippen LogP contribution in [0.5, 0.6) is 11.5 Å². The van der Waals surface area contributed by atoms with Gasteiger partial charge in [-0.25, -0.2) is 4.39 Å². The van der Waals surface area contributed by atoms with Crippen molar-refractivity contribution in [2.24, 2.45) is 5.92 Å². The molecule has 0 aliphatic carbocycles. The first kappa shape index (κ1) is 16.1. The molecule has 0 amide bonds. The van der Waals surface area contributed by atoms with Crippen molar-refractivity contribution in [2.75, 3.05) is 6.61 Å². The van der Waals surface area contributed by atoms with E-state index in [0.717, 1.165) is 12.0 Å². The first-order valence-electron chi connectivity index (χ1n) is 7.54. The summed E-state index contributed by atoms with van der Waals surface area (Å²) in [5.74, 6) is 1.44. The summed E-state index contributed by atoms with van der Waals surface area (Å²) in [4.78, 5) is 0. The third kappa shape index (κ3) is 4.60. The molecule has 23 heavy (non-hydrogen) atoms. The molecule has 0 spiro atoms. The first-order valence-corrected chi connectivity index (χ1v) is 7.92. The lowest BCUT2D eigenvalue weighted by atomic mass is 10.1. The highest BCUT2D eigenvalue weighted by atomic mass is 35.5. The summed E-state index contributed by atoms with van der Waals surface area (Å²) in [5, 5.41) is 0.530. The Labute approximate surface area is 139 Å². The third-order valence-electron chi connectivity index (χ3n) is 3.59. The smallest absolute Gasteiger partial charge is 0.200 e. The summed E-state index contributed by atoms with van der Waals surface area (Å²) in [6, 6.07) is 11.4. The van der Waals surface area contributed by atoms with E-state index < -0.39 is 0 Å². The molecule has 2 aromatic rings. The van der Waals surface area contributed by atoms with Crippen molar-refractivity contribution in [3.8, 4) is 11.5 Å². The van der Waals surface area contributed by atoms with E-state index in [1.807, 2.05) is 0 Å². The second-order valence-corrected chi connectivity index (χ2v) is 6.20. The number of hydrogen-bond donors (Lipinski definition) is 0. The second-order valence-electron chi connectivity index (χ2n) is 5.76. The monoisotopic (exact) mass is 336 g/mol. The molecule has 5 heteroatoms. The third-order valence-corrected chi connectivity index (χ3v) is 3.81. The molecule has 0 bridgehead atoms. The van der Waals surface area contributed by atoms with Crippen LogP contribution in [0.25, 0.3) is 0 Å². The van der Waals surface area contributed by atoms with Gasteiger partial charge in [-0.1, -0.05) is 30.7 Å². The standard InChI is InChI=1S/C18H18ClFO3/c1-12-6-18(22-10-12)23-17-8-14(19)7-16(9-17)21-11-13-2-4-15(20)5-3-13/h2-5,7-9,12,18H,6,10-11H2,1H3/t12-,18?/m1/s1. The molecule has 0 radical (unpaired) electrons. The van der Waals surface area contributed by atoms with E-state index in [1.165, 1.54) is 12.1 Å². The van der Waals surface area contributed by atoms with Crippen molar-refractivity contribution in [3.63, 3.8) is 0 Å². The maximum atomic E-state index is 12.9. The summed E-state index contributed by atoms with van der Waals surface area (Å²) < 4.78 is 29.9. The summed E-state index contributed by atoms with van der Waals surface area (Å²) in [5.41, 5.74) is 0.877. The summed E-state index contributed by atoms with van der Waals surface area (Å²) >= 11 is 6.12. The Balaban J connectivity index is 1.64. The Morgan fingerprint density at radius 2 is 1.91 bits per heavy atom. The van der Waals surface area contributed by atoms with Gasteiger partial charge in [0.1, 0.15) is 23.9 Å². The first-order chi connectivity index (χ1) is 11.1. The van der Waals surface area contributed by atoms with Crippen molar-refractivity contribution in [3.05, 3.63) is 58.9 Å². The quantitative estimate of drug-likeness (QED) is 0.783. The molecule has 1 heterocycles. The van der Waals surface area contributed by atoms with Gasteiger partial charge in [0, 0.05) is 17.5 Å². The van der Waals surface area contributed by atoms with Crippen LogP contribution in [0.3, 0.4) is 0 Å². The van der Waals surface area contributed by atoms with Crippen molar-refractivity contribution in [2.45, 2.75) is 26.2 Å². The van der Waals surface area contributed by atoms with Gasteiger partial charge >= 0.3 is 0 Å². The minimum absolute atomic E-state index is 0.242. The number of halogens is 2. The predicted octanol–water partition coefficient (Wildman–Crippen LogP) is 4.82. The van der Waals surface area contributed by atoms with Crippen molar-refractivity contribution >= 4 is 11.6 Å². The lowest BCUT2D eigenvalue weighted by Gasteiger charge is -2.14. The number of hydrogen-bond acceptors (Lipinski definition) is 3. The minimum Gasteiger partial charge on any atom is -0.489 e. The average molecular weight is 337 g/mol. The van der Waals surface area contributed by atoms with Gasteiger partial charge in [0.2, 0.25) is 0 Å². The molecule has 0 aromatic heterocycles. The van der Waals surface area contributed by atoms with E-state index in [-0.39, 0.29) is 12.1 Å². The molecule has 3 rings (SSSR count). The van der Waals surface area contributed by atoms with Gasteiger partial charge < -0.3 is 14.2 Å². The van der Waals surface area contributed by atoms with Crippen molar-refractivity contribution in [1.82, 2.24) is 0 Å². The maximum absolute atomic E-state index is 12.9. The van der Waals surface area contributed by atoms with Crippen LogP contribution in [-0.4, -0.2) is 12.9 Å². The molecule has 3 nitrogen and oxygen atoms in total. The number of benzene rings is 2. The molecule has 1 aliphatic heterocycles. The van der Waals surface area contributed by atoms with Crippen molar-refractivity contribution in [1.29, 1.82) is 0 Å². The Hall–Kier alpha value is -1.78. The molecule has 0 N–H and O–H groups in total. The van der Waals surface area contributed by atoms with Gasteiger partial charge in [-0.2, -0.15) is 0 Å². The van der Waals surface area contributed by atoms with Gasteiger partial charge in [-0.15, -0.1) is 0 Å². The molecule has 1 aliphatic rings. The molecule has 2 aromatic carbocycles. The topological polar surface area (TPSA) is 27.7 Å². The molecule has 1 fully saturated rings. The summed E-state index contributed by atoms with van der Waals surface area (Å²) in [6.45, 7) is 3.16. The van der Waals surface area contributed by atoms with Gasteiger partial charge in [0.15, 0.2) is 6.29 Å². The van der Waals surface area contributed by atoms with E-state index in [2.05, 4.69) is 6.92 Å². The average Bonchev–Trinajstić information content (AvgIpc) is 2.91. The molecular weight excluding hydrogens is 319 g/mol. The minimum atomic E-state index is -0.266. The van der Waals surface area contributed by atoms with E-state index in [0.29, 0.717) is 35.7 Å². The van der Waals surface area contributed by atoms with E-state index in [4.69, 9.17) is 25.8 Å². The fourth-order valence-corrected chi connectivity index (χ4v) is 2.62. The largest absolute Gasteiger partial charge is 0.489 e.